The van der Waals surface area contributed by atoms with Gasteiger partial charge in [-0.1, -0.05) is 0 Å². The first kappa shape index (κ1) is 18.9. The number of carbonyl (C=O) groups excluding carboxylic acids is 1. The number of hydrogen-bond donors (Lipinski definition) is 2. The summed E-state index contributed by atoms with van der Waals surface area (Å²) in [6.07, 6.45) is 8.06. The molecule has 0 saturated carbocycles. The third-order valence-corrected chi connectivity index (χ3v) is 6.51. The SMILES string of the molecule is O=C(Cn1ccc([C@H]2CCCNC2)n1)N1CCC(N2CCC(O)CC2)CC1. The van der Waals surface area contributed by atoms with E-state index in [1.807, 2.05) is 15.8 Å². The Labute approximate surface area is 161 Å². The van der Waals surface area contributed by atoms with Gasteiger partial charge in [-0.2, -0.15) is 5.10 Å². The Hall–Kier alpha value is -1.44. The fourth-order valence-corrected chi connectivity index (χ4v) is 4.76. The Balaban J connectivity index is 1.24. The maximum Gasteiger partial charge on any atom is 0.244 e. The highest BCUT2D eigenvalue weighted by molar-refractivity contribution is 5.76. The molecule has 3 aliphatic rings. The Morgan fingerprint density at radius 2 is 1.93 bits per heavy atom. The van der Waals surface area contributed by atoms with Crippen molar-refractivity contribution >= 4 is 5.91 Å². The van der Waals surface area contributed by atoms with E-state index in [9.17, 15) is 9.90 Å². The van der Waals surface area contributed by atoms with Gasteiger partial charge in [-0.05, 0) is 51.1 Å². The van der Waals surface area contributed by atoms with Crippen molar-refractivity contribution in [2.75, 3.05) is 39.3 Å². The second-order valence-corrected chi connectivity index (χ2v) is 8.36. The molecule has 1 amide bonds. The maximum atomic E-state index is 12.7. The van der Waals surface area contributed by atoms with E-state index in [2.05, 4.69) is 21.4 Å². The number of aliphatic hydroxyl groups is 1. The summed E-state index contributed by atoms with van der Waals surface area (Å²) in [6.45, 7) is 6.10. The molecule has 2 N–H and O–H groups in total. The van der Waals surface area contributed by atoms with Crippen molar-refractivity contribution in [2.45, 2.75) is 63.1 Å². The number of aromatic nitrogens is 2. The van der Waals surface area contributed by atoms with Crippen LogP contribution in [0.5, 0.6) is 0 Å². The number of aliphatic hydroxyl groups excluding tert-OH is 1. The van der Waals surface area contributed by atoms with Crippen molar-refractivity contribution in [3.63, 3.8) is 0 Å². The summed E-state index contributed by atoms with van der Waals surface area (Å²) in [6, 6.07) is 2.64. The molecule has 3 aliphatic heterocycles. The molecule has 0 aliphatic carbocycles. The minimum absolute atomic E-state index is 0.119. The average Bonchev–Trinajstić information content (AvgIpc) is 3.18. The summed E-state index contributed by atoms with van der Waals surface area (Å²) in [5.41, 5.74) is 1.11. The molecule has 4 rings (SSSR count). The van der Waals surface area contributed by atoms with Gasteiger partial charge in [0.15, 0.2) is 0 Å². The van der Waals surface area contributed by atoms with E-state index in [0.29, 0.717) is 18.5 Å². The molecule has 3 fully saturated rings. The highest BCUT2D eigenvalue weighted by atomic mass is 16.3. The zero-order chi connectivity index (χ0) is 18.6. The molecule has 27 heavy (non-hydrogen) atoms. The van der Waals surface area contributed by atoms with Crippen LogP contribution in [0.15, 0.2) is 12.3 Å². The molecule has 3 saturated heterocycles. The summed E-state index contributed by atoms with van der Waals surface area (Å²) >= 11 is 0. The quantitative estimate of drug-likeness (QED) is 0.814. The number of likely N-dealkylation sites (tertiary alicyclic amines) is 2. The number of hydrogen-bond acceptors (Lipinski definition) is 5. The molecule has 0 aromatic carbocycles. The largest absolute Gasteiger partial charge is 0.393 e. The number of nitrogens with one attached hydrogen (secondary N) is 1. The first-order chi connectivity index (χ1) is 13.2. The van der Waals surface area contributed by atoms with Crippen molar-refractivity contribution in [3.8, 4) is 0 Å². The normalized spacial score (nSPS) is 26.4. The summed E-state index contributed by atoms with van der Waals surface area (Å²) in [5, 5.41) is 17.8. The second-order valence-electron chi connectivity index (χ2n) is 8.36. The zero-order valence-corrected chi connectivity index (χ0v) is 16.2. The molecular weight excluding hydrogens is 342 g/mol. The van der Waals surface area contributed by atoms with Crippen molar-refractivity contribution in [2.24, 2.45) is 0 Å². The standard InChI is InChI=1S/C20H33N5O2/c26-18-5-11-23(12-6-18)17-3-9-24(10-4-17)20(27)15-25-13-7-19(22-25)16-2-1-8-21-14-16/h7,13,16-18,21,26H,1-6,8-12,14-15H2/t16-/m0/s1. The van der Waals surface area contributed by atoms with Gasteiger partial charge in [0, 0.05) is 50.9 Å². The van der Waals surface area contributed by atoms with E-state index in [1.54, 1.807) is 0 Å². The first-order valence-electron chi connectivity index (χ1n) is 10.6. The third kappa shape index (κ3) is 4.70. The fraction of sp³-hybridized carbons (Fsp3) is 0.800. The Bertz CT molecular complexity index is 612. The van der Waals surface area contributed by atoms with Crippen LogP contribution in [0.4, 0.5) is 0 Å². The summed E-state index contributed by atoms with van der Waals surface area (Å²) in [7, 11) is 0. The van der Waals surface area contributed by atoms with Crippen LogP contribution in [-0.4, -0.2) is 82.0 Å². The highest BCUT2D eigenvalue weighted by Gasteiger charge is 2.29. The molecule has 0 bridgehead atoms. The van der Waals surface area contributed by atoms with Gasteiger partial charge >= 0.3 is 0 Å². The van der Waals surface area contributed by atoms with Crippen molar-refractivity contribution in [1.82, 2.24) is 24.9 Å². The molecular formula is C20H33N5O2. The lowest BCUT2D eigenvalue weighted by Crippen LogP contribution is -2.50. The number of piperidine rings is 3. The molecule has 1 aromatic rings. The lowest BCUT2D eigenvalue weighted by molar-refractivity contribution is -0.133. The fourth-order valence-electron chi connectivity index (χ4n) is 4.76. The van der Waals surface area contributed by atoms with Gasteiger partial charge in [-0.3, -0.25) is 9.48 Å². The molecule has 7 nitrogen and oxygen atoms in total. The Morgan fingerprint density at radius 3 is 2.63 bits per heavy atom. The maximum absolute atomic E-state index is 12.7. The summed E-state index contributed by atoms with van der Waals surface area (Å²) in [4.78, 5) is 17.2. The molecule has 4 heterocycles. The van der Waals surface area contributed by atoms with E-state index in [-0.39, 0.29) is 12.0 Å². The van der Waals surface area contributed by atoms with Crippen LogP contribution in [0.1, 0.15) is 50.1 Å². The van der Waals surface area contributed by atoms with Crippen molar-refractivity contribution in [3.05, 3.63) is 18.0 Å². The molecule has 0 spiro atoms. The monoisotopic (exact) mass is 375 g/mol. The van der Waals surface area contributed by atoms with Crippen LogP contribution in [0.3, 0.4) is 0 Å². The van der Waals surface area contributed by atoms with Crippen molar-refractivity contribution < 1.29 is 9.90 Å². The molecule has 150 valence electrons. The van der Waals surface area contributed by atoms with Gasteiger partial charge < -0.3 is 20.2 Å². The second kappa shape index (κ2) is 8.71. The summed E-state index contributed by atoms with van der Waals surface area (Å²) in [5.74, 6) is 0.660. The van der Waals surface area contributed by atoms with Crippen molar-refractivity contribution in [1.29, 1.82) is 0 Å². The van der Waals surface area contributed by atoms with Gasteiger partial charge in [0.05, 0.1) is 11.8 Å². The number of carbonyl (C=O) groups is 1. The highest BCUT2D eigenvalue weighted by Crippen LogP contribution is 2.23. The van der Waals surface area contributed by atoms with E-state index in [4.69, 9.17) is 0 Å². The number of rotatable bonds is 4. The smallest absolute Gasteiger partial charge is 0.244 e. The van der Waals surface area contributed by atoms with Crippen LogP contribution in [0.2, 0.25) is 0 Å². The molecule has 0 unspecified atom stereocenters. The Kier molecular flexibility index (Phi) is 6.10. The topological polar surface area (TPSA) is 73.6 Å². The Morgan fingerprint density at radius 1 is 1.15 bits per heavy atom. The lowest BCUT2D eigenvalue weighted by Gasteiger charge is -2.41. The minimum atomic E-state index is -0.119. The third-order valence-electron chi connectivity index (χ3n) is 6.51. The lowest BCUT2D eigenvalue weighted by atomic mass is 9.97. The van der Waals surface area contributed by atoms with Gasteiger partial charge in [-0.25, -0.2) is 0 Å². The van der Waals surface area contributed by atoms with Crippen LogP contribution >= 0.6 is 0 Å². The molecule has 7 heteroatoms. The van der Waals surface area contributed by atoms with E-state index in [1.165, 1.54) is 12.8 Å². The van der Waals surface area contributed by atoms with E-state index >= 15 is 0 Å². The van der Waals surface area contributed by atoms with Crippen LogP contribution in [-0.2, 0) is 11.3 Å². The molecule has 1 atom stereocenters. The van der Waals surface area contributed by atoms with E-state index in [0.717, 1.165) is 70.6 Å². The average molecular weight is 376 g/mol. The van der Waals surface area contributed by atoms with Gasteiger partial charge in [0.25, 0.3) is 0 Å². The predicted octanol–water partition coefficient (Wildman–Crippen LogP) is 0.798. The summed E-state index contributed by atoms with van der Waals surface area (Å²) < 4.78 is 1.81. The van der Waals surface area contributed by atoms with E-state index < -0.39 is 0 Å². The van der Waals surface area contributed by atoms with Gasteiger partial charge in [0.2, 0.25) is 5.91 Å². The molecule has 1 aromatic heterocycles. The van der Waals surface area contributed by atoms with Gasteiger partial charge in [0.1, 0.15) is 6.54 Å². The minimum Gasteiger partial charge on any atom is -0.393 e. The molecule has 0 radical (unpaired) electrons. The zero-order valence-electron chi connectivity index (χ0n) is 16.2. The number of nitrogens with zero attached hydrogens (tertiary/aromatic N) is 4. The van der Waals surface area contributed by atoms with Crippen LogP contribution in [0.25, 0.3) is 0 Å². The van der Waals surface area contributed by atoms with Crippen LogP contribution in [0, 0.1) is 0 Å². The first-order valence-corrected chi connectivity index (χ1v) is 10.6. The van der Waals surface area contributed by atoms with Gasteiger partial charge in [-0.15, -0.1) is 0 Å². The number of amides is 1. The van der Waals surface area contributed by atoms with Crippen LogP contribution < -0.4 is 5.32 Å². The predicted molar refractivity (Wildman–Crippen MR) is 103 cm³/mol.